The van der Waals surface area contributed by atoms with Crippen molar-refractivity contribution in [3.63, 3.8) is 0 Å². The van der Waals surface area contributed by atoms with Crippen molar-refractivity contribution in [2.75, 3.05) is 6.54 Å². The lowest BCUT2D eigenvalue weighted by Crippen LogP contribution is -2.26. The highest BCUT2D eigenvalue weighted by Gasteiger charge is 2.21. The van der Waals surface area contributed by atoms with Crippen LogP contribution >= 0.6 is 0 Å². The minimum absolute atomic E-state index is 0.523. The Labute approximate surface area is 127 Å². The van der Waals surface area contributed by atoms with Gasteiger partial charge in [-0.2, -0.15) is 0 Å². The smallest absolute Gasteiger partial charge is 0.109 e. The van der Waals surface area contributed by atoms with Crippen LogP contribution in [0.3, 0.4) is 0 Å². The number of hydrogen-bond donors (Lipinski definition) is 1. The van der Waals surface area contributed by atoms with E-state index in [-0.39, 0.29) is 0 Å². The van der Waals surface area contributed by atoms with Crippen LogP contribution in [0.25, 0.3) is 0 Å². The number of rotatable bonds is 5. The standard InChI is InChI=1S/C18H25N3/c1-3-18-20-16-13-19-12-11-17(16)21(18)14(2)9-10-15-7-5-4-6-8-15/h4-8,14,19H,3,9-13H2,1-2H3. The molecular weight excluding hydrogens is 258 g/mol. The molecular formula is C18H25N3. The number of imidazole rings is 1. The van der Waals surface area contributed by atoms with E-state index in [4.69, 9.17) is 4.98 Å². The Balaban J connectivity index is 1.77. The summed E-state index contributed by atoms with van der Waals surface area (Å²) in [4.78, 5) is 4.85. The fourth-order valence-electron chi connectivity index (χ4n) is 3.31. The molecule has 112 valence electrons. The van der Waals surface area contributed by atoms with Crippen molar-refractivity contribution in [1.29, 1.82) is 0 Å². The van der Waals surface area contributed by atoms with Gasteiger partial charge in [0.1, 0.15) is 5.82 Å². The third-order valence-electron chi connectivity index (χ3n) is 4.45. The summed E-state index contributed by atoms with van der Waals surface area (Å²) in [7, 11) is 0. The Morgan fingerprint density at radius 2 is 2.10 bits per heavy atom. The van der Waals surface area contributed by atoms with Crippen LogP contribution in [0.2, 0.25) is 0 Å². The van der Waals surface area contributed by atoms with Crippen LogP contribution in [0, 0.1) is 0 Å². The Morgan fingerprint density at radius 1 is 1.29 bits per heavy atom. The van der Waals surface area contributed by atoms with Crippen molar-refractivity contribution in [3.8, 4) is 0 Å². The van der Waals surface area contributed by atoms with Gasteiger partial charge < -0.3 is 9.88 Å². The first-order chi connectivity index (χ1) is 10.3. The molecule has 0 bridgehead atoms. The highest BCUT2D eigenvalue weighted by molar-refractivity contribution is 5.22. The van der Waals surface area contributed by atoms with Gasteiger partial charge in [0.25, 0.3) is 0 Å². The van der Waals surface area contributed by atoms with E-state index in [2.05, 4.69) is 54.1 Å². The zero-order chi connectivity index (χ0) is 14.7. The van der Waals surface area contributed by atoms with Gasteiger partial charge in [-0.15, -0.1) is 0 Å². The van der Waals surface area contributed by atoms with E-state index in [9.17, 15) is 0 Å². The average Bonchev–Trinajstić information content (AvgIpc) is 2.92. The van der Waals surface area contributed by atoms with Gasteiger partial charge in [-0.25, -0.2) is 4.98 Å². The molecule has 0 fully saturated rings. The topological polar surface area (TPSA) is 29.9 Å². The van der Waals surface area contributed by atoms with Crippen LogP contribution in [0.5, 0.6) is 0 Å². The normalized spacial score (nSPS) is 15.7. The van der Waals surface area contributed by atoms with Crippen LogP contribution < -0.4 is 5.32 Å². The van der Waals surface area contributed by atoms with Gasteiger partial charge >= 0.3 is 0 Å². The van der Waals surface area contributed by atoms with E-state index >= 15 is 0 Å². The molecule has 0 spiro atoms. The van der Waals surface area contributed by atoms with E-state index in [1.54, 1.807) is 0 Å². The quantitative estimate of drug-likeness (QED) is 0.912. The number of hydrogen-bond acceptors (Lipinski definition) is 2. The molecule has 0 radical (unpaired) electrons. The summed E-state index contributed by atoms with van der Waals surface area (Å²) in [6.07, 6.45) is 4.43. The molecule has 2 heterocycles. The van der Waals surface area contributed by atoms with Crippen LogP contribution in [-0.2, 0) is 25.8 Å². The SMILES string of the molecule is CCc1nc2c(n1C(C)CCc1ccccc1)CCNC2. The molecule has 1 aromatic carbocycles. The summed E-state index contributed by atoms with van der Waals surface area (Å²) >= 11 is 0. The Kier molecular flexibility index (Phi) is 4.39. The third-order valence-corrected chi connectivity index (χ3v) is 4.45. The lowest BCUT2D eigenvalue weighted by Gasteiger charge is -2.22. The van der Waals surface area contributed by atoms with Crippen molar-refractivity contribution in [3.05, 3.63) is 53.1 Å². The Hall–Kier alpha value is -1.61. The average molecular weight is 283 g/mol. The van der Waals surface area contributed by atoms with Gasteiger partial charge in [0.2, 0.25) is 0 Å². The monoisotopic (exact) mass is 283 g/mol. The Morgan fingerprint density at radius 3 is 2.86 bits per heavy atom. The highest BCUT2D eigenvalue weighted by atomic mass is 15.1. The largest absolute Gasteiger partial charge is 0.329 e. The number of nitrogens with one attached hydrogen (secondary N) is 1. The van der Waals surface area contributed by atoms with Gasteiger partial charge in [0.05, 0.1) is 5.69 Å². The zero-order valence-electron chi connectivity index (χ0n) is 13.1. The molecule has 21 heavy (non-hydrogen) atoms. The fourth-order valence-corrected chi connectivity index (χ4v) is 3.31. The number of aromatic nitrogens is 2. The summed E-state index contributed by atoms with van der Waals surface area (Å²) in [5.41, 5.74) is 4.16. The Bertz CT molecular complexity index is 586. The van der Waals surface area contributed by atoms with E-state index in [1.807, 2.05) is 0 Å². The van der Waals surface area contributed by atoms with Crippen molar-refractivity contribution in [1.82, 2.24) is 14.9 Å². The molecule has 2 aromatic rings. The van der Waals surface area contributed by atoms with E-state index in [1.165, 1.54) is 29.2 Å². The first-order valence-corrected chi connectivity index (χ1v) is 8.13. The minimum atomic E-state index is 0.523. The molecule has 1 aliphatic heterocycles. The van der Waals surface area contributed by atoms with E-state index < -0.39 is 0 Å². The first kappa shape index (κ1) is 14.3. The lowest BCUT2D eigenvalue weighted by atomic mass is 10.0. The van der Waals surface area contributed by atoms with Crippen molar-refractivity contribution < 1.29 is 0 Å². The van der Waals surface area contributed by atoms with Gasteiger partial charge in [0.15, 0.2) is 0 Å². The van der Waals surface area contributed by atoms with Crippen LogP contribution in [0.15, 0.2) is 30.3 Å². The molecule has 3 nitrogen and oxygen atoms in total. The summed E-state index contributed by atoms with van der Waals surface area (Å²) in [6.45, 7) is 6.56. The van der Waals surface area contributed by atoms with Crippen LogP contribution in [-0.4, -0.2) is 16.1 Å². The molecule has 0 amide bonds. The summed E-state index contributed by atoms with van der Waals surface area (Å²) in [5.74, 6) is 1.25. The molecule has 1 aromatic heterocycles. The summed E-state index contributed by atoms with van der Waals surface area (Å²) in [6, 6.07) is 11.3. The molecule has 1 N–H and O–H groups in total. The number of nitrogens with zero attached hydrogens (tertiary/aromatic N) is 2. The lowest BCUT2D eigenvalue weighted by molar-refractivity contribution is 0.466. The minimum Gasteiger partial charge on any atom is -0.329 e. The van der Waals surface area contributed by atoms with Crippen molar-refractivity contribution in [2.24, 2.45) is 0 Å². The second-order valence-electron chi connectivity index (χ2n) is 5.95. The molecule has 3 heteroatoms. The first-order valence-electron chi connectivity index (χ1n) is 8.13. The molecule has 1 unspecified atom stereocenters. The fraction of sp³-hybridized carbons (Fsp3) is 0.500. The van der Waals surface area contributed by atoms with Gasteiger partial charge in [0, 0.05) is 37.7 Å². The molecule has 0 aliphatic carbocycles. The maximum atomic E-state index is 4.85. The van der Waals surface area contributed by atoms with Crippen molar-refractivity contribution >= 4 is 0 Å². The molecule has 0 saturated heterocycles. The highest BCUT2D eigenvalue weighted by Crippen LogP contribution is 2.24. The van der Waals surface area contributed by atoms with Crippen LogP contribution in [0.1, 0.15) is 49.1 Å². The van der Waals surface area contributed by atoms with Crippen molar-refractivity contribution in [2.45, 2.75) is 52.1 Å². The maximum Gasteiger partial charge on any atom is 0.109 e. The predicted molar refractivity (Wildman–Crippen MR) is 86.5 cm³/mol. The second kappa shape index (κ2) is 6.44. The predicted octanol–water partition coefficient (Wildman–Crippen LogP) is 3.29. The number of benzene rings is 1. The second-order valence-corrected chi connectivity index (χ2v) is 5.95. The van der Waals surface area contributed by atoms with Gasteiger partial charge in [-0.1, -0.05) is 37.3 Å². The van der Waals surface area contributed by atoms with Gasteiger partial charge in [-0.3, -0.25) is 0 Å². The molecule has 1 aliphatic rings. The zero-order valence-corrected chi connectivity index (χ0v) is 13.1. The molecule has 0 saturated carbocycles. The van der Waals surface area contributed by atoms with E-state index in [0.717, 1.165) is 32.4 Å². The number of fused-ring (bicyclic) bond motifs is 1. The molecule has 1 atom stereocenters. The van der Waals surface area contributed by atoms with E-state index in [0.29, 0.717) is 6.04 Å². The maximum absolute atomic E-state index is 4.85. The summed E-state index contributed by atoms with van der Waals surface area (Å²) < 4.78 is 2.51. The molecule has 3 rings (SSSR count). The summed E-state index contributed by atoms with van der Waals surface area (Å²) in [5, 5.41) is 3.43. The number of aryl methyl sites for hydroxylation is 2. The third kappa shape index (κ3) is 3.03. The van der Waals surface area contributed by atoms with Crippen LogP contribution in [0.4, 0.5) is 0 Å². The van der Waals surface area contributed by atoms with Gasteiger partial charge in [-0.05, 0) is 25.3 Å².